The van der Waals surface area contributed by atoms with Gasteiger partial charge in [-0.3, -0.25) is 0 Å². The predicted octanol–water partition coefficient (Wildman–Crippen LogP) is 5.84. The van der Waals surface area contributed by atoms with Gasteiger partial charge in [-0.05, 0) is 31.8 Å². The van der Waals surface area contributed by atoms with E-state index in [1.807, 2.05) is 6.08 Å². The van der Waals surface area contributed by atoms with E-state index in [2.05, 4.69) is 52.7 Å². The van der Waals surface area contributed by atoms with Crippen molar-refractivity contribution in [3.63, 3.8) is 0 Å². The number of allylic oxidation sites excluding steroid dienone is 5. The van der Waals surface area contributed by atoms with Gasteiger partial charge >= 0.3 is 0 Å². The van der Waals surface area contributed by atoms with Crippen LogP contribution in [0, 0.1) is 5.41 Å². The first-order valence-corrected chi connectivity index (χ1v) is 6.67. The van der Waals surface area contributed by atoms with E-state index in [1.165, 1.54) is 24.0 Å². The van der Waals surface area contributed by atoms with Crippen LogP contribution in [0.2, 0.25) is 0 Å². The Balaban J connectivity index is 5.18. The third-order valence-corrected chi connectivity index (χ3v) is 3.32. The summed E-state index contributed by atoms with van der Waals surface area (Å²) >= 11 is 0. The highest BCUT2D eigenvalue weighted by Gasteiger charge is 2.22. The maximum absolute atomic E-state index is 4.06. The van der Waals surface area contributed by atoms with Crippen molar-refractivity contribution in [1.29, 1.82) is 0 Å². The Bertz CT molecular complexity index is 293. The quantitative estimate of drug-likeness (QED) is 0.346. The third-order valence-electron chi connectivity index (χ3n) is 3.32. The second-order valence-corrected chi connectivity index (χ2v) is 4.84. The molecule has 0 aromatic carbocycles. The van der Waals surface area contributed by atoms with Crippen molar-refractivity contribution in [2.45, 2.75) is 52.9 Å². The smallest absolute Gasteiger partial charge is 0.00985 e. The largest absolute Gasteiger partial charge is 0.103 e. The summed E-state index contributed by atoms with van der Waals surface area (Å²) in [6.45, 7) is 18.5. The molecule has 0 radical (unpaired) electrons. The standard InChI is InChI=1S/C17H28/c1-7-11-13-17(10-4,12-8-2)14-16(9-3)15(5)6/h8,10,14H,2,4-5,7,9,11-13H2,1,3,6H3. The van der Waals surface area contributed by atoms with Crippen LogP contribution < -0.4 is 0 Å². The van der Waals surface area contributed by atoms with Crippen molar-refractivity contribution in [3.8, 4) is 0 Å². The van der Waals surface area contributed by atoms with E-state index in [1.54, 1.807) is 0 Å². The molecule has 0 saturated carbocycles. The lowest BCUT2D eigenvalue weighted by Gasteiger charge is -2.27. The summed E-state index contributed by atoms with van der Waals surface area (Å²) in [5.41, 5.74) is 2.59. The van der Waals surface area contributed by atoms with Gasteiger partial charge in [0.05, 0.1) is 0 Å². The summed E-state index contributed by atoms with van der Waals surface area (Å²) in [4.78, 5) is 0. The Morgan fingerprint density at radius 2 is 1.88 bits per heavy atom. The van der Waals surface area contributed by atoms with Crippen molar-refractivity contribution in [3.05, 3.63) is 49.1 Å². The van der Waals surface area contributed by atoms with Gasteiger partial charge in [0.1, 0.15) is 0 Å². The lowest BCUT2D eigenvalue weighted by molar-refractivity contribution is 0.434. The SMILES string of the molecule is C=CCC(C=C)(C=C(CC)C(=C)C)CCCC. The van der Waals surface area contributed by atoms with Gasteiger partial charge in [-0.25, -0.2) is 0 Å². The zero-order chi connectivity index (χ0) is 13.3. The molecule has 0 aliphatic carbocycles. The first kappa shape index (κ1) is 16.0. The molecule has 17 heavy (non-hydrogen) atoms. The van der Waals surface area contributed by atoms with Crippen LogP contribution >= 0.6 is 0 Å². The first-order valence-electron chi connectivity index (χ1n) is 6.67. The fourth-order valence-electron chi connectivity index (χ4n) is 2.13. The summed E-state index contributed by atoms with van der Waals surface area (Å²) in [6.07, 6.45) is 12.0. The van der Waals surface area contributed by atoms with Crippen LogP contribution in [-0.2, 0) is 0 Å². The van der Waals surface area contributed by atoms with Crippen molar-refractivity contribution in [2.75, 3.05) is 0 Å². The van der Waals surface area contributed by atoms with Crippen LogP contribution in [0.4, 0.5) is 0 Å². The minimum Gasteiger partial charge on any atom is -0.103 e. The highest BCUT2D eigenvalue weighted by molar-refractivity contribution is 5.30. The van der Waals surface area contributed by atoms with E-state index < -0.39 is 0 Å². The molecule has 1 atom stereocenters. The van der Waals surface area contributed by atoms with Gasteiger partial charge in [0.2, 0.25) is 0 Å². The lowest BCUT2D eigenvalue weighted by atomic mass is 9.77. The highest BCUT2D eigenvalue weighted by atomic mass is 14.3. The number of unbranched alkanes of at least 4 members (excludes halogenated alkanes) is 1. The van der Waals surface area contributed by atoms with E-state index in [4.69, 9.17) is 0 Å². The van der Waals surface area contributed by atoms with Gasteiger partial charge in [0.15, 0.2) is 0 Å². The van der Waals surface area contributed by atoms with Crippen LogP contribution in [0.1, 0.15) is 52.9 Å². The van der Waals surface area contributed by atoms with Crippen molar-refractivity contribution in [2.24, 2.45) is 5.41 Å². The third kappa shape index (κ3) is 5.21. The number of hydrogen-bond acceptors (Lipinski definition) is 0. The van der Waals surface area contributed by atoms with E-state index in [0.29, 0.717) is 0 Å². The summed E-state index contributed by atoms with van der Waals surface area (Å²) in [7, 11) is 0. The average molecular weight is 232 g/mol. The van der Waals surface area contributed by atoms with Crippen LogP contribution in [0.3, 0.4) is 0 Å². The molecule has 1 unspecified atom stereocenters. The van der Waals surface area contributed by atoms with Crippen LogP contribution in [0.15, 0.2) is 49.1 Å². The zero-order valence-corrected chi connectivity index (χ0v) is 11.9. The van der Waals surface area contributed by atoms with Gasteiger partial charge in [0, 0.05) is 5.41 Å². The number of rotatable bonds is 9. The minimum atomic E-state index is 0.0715. The number of hydrogen-bond donors (Lipinski definition) is 0. The molecule has 0 heterocycles. The fraction of sp³-hybridized carbons (Fsp3) is 0.529. The molecular formula is C17H28. The molecule has 0 fully saturated rings. The molecule has 0 saturated heterocycles. The normalized spacial score (nSPS) is 15.1. The molecule has 0 rings (SSSR count). The van der Waals surface area contributed by atoms with Crippen LogP contribution in [-0.4, -0.2) is 0 Å². The van der Waals surface area contributed by atoms with Crippen molar-refractivity contribution >= 4 is 0 Å². The summed E-state index contributed by atoms with van der Waals surface area (Å²) < 4.78 is 0. The van der Waals surface area contributed by atoms with Gasteiger partial charge in [0.25, 0.3) is 0 Å². The van der Waals surface area contributed by atoms with Gasteiger partial charge in [-0.2, -0.15) is 0 Å². The van der Waals surface area contributed by atoms with E-state index in [-0.39, 0.29) is 5.41 Å². The van der Waals surface area contributed by atoms with Crippen molar-refractivity contribution < 1.29 is 0 Å². The Morgan fingerprint density at radius 3 is 2.24 bits per heavy atom. The molecule has 0 spiro atoms. The zero-order valence-electron chi connectivity index (χ0n) is 11.9. The summed E-state index contributed by atoms with van der Waals surface area (Å²) in [5.74, 6) is 0. The first-order chi connectivity index (χ1) is 8.05. The van der Waals surface area contributed by atoms with E-state index >= 15 is 0 Å². The van der Waals surface area contributed by atoms with Gasteiger partial charge in [-0.1, -0.05) is 57.1 Å². The Kier molecular flexibility index (Phi) is 7.61. The maximum atomic E-state index is 4.06. The molecule has 96 valence electrons. The summed E-state index contributed by atoms with van der Waals surface area (Å²) in [5, 5.41) is 0. The Hall–Kier alpha value is -1.04. The minimum absolute atomic E-state index is 0.0715. The van der Waals surface area contributed by atoms with Gasteiger partial charge in [-0.15, -0.1) is 13.2 Å². The Morgan fingerprint density at radius 1 is 1.24 bits per heavy atom. The topological polar surface area (TPSA) is 0 Å². The maximum Gasteiger partial charge on any atom is 0.00985 e. The molecule has 0 heteroatoms. The lowest BCUT2D eigenvalue weighted by Crippen LogP contribution is -2.15. The van der Waals surface area contributed by atoms with Crippen LogP contribution in [0.5, 0.6) is 0 Å². The highest BCUT2D eigenvalue weighted by Crippen LogP contribution is 2.35. The molecule has 0 aliphatic rings. The monoisotopic (exact) mass is 232 g/mol. The molecule has 0 bridgehead atoms. The van der Waals surface area contributed by atoms with E-state index in [0.717, 1.165) is 19.3 Å². The van der Waals surface area contributed by atoms with Crippen molar-refractivity contribution in [1.82, 2.24) is 0 Å². The fourth-order valence-corrected chi connectivity index (χ4v) is 2.13. The Labute approximate surface area is 108 Å². The molecule has 0 N–H and O–H groups in total. The van der Waals surface area contributed by atoms with E-state index in [9.17, 15) is 0 Å². The average Bonchev–Trinajstić information content (AvgIpc) is 2.32. The molecule has 0 aliphatic heterocycles. The molecule has 0 amide bonds. The predicted molar refractivity (Wildman–Crippen MR) is 80.2 cm³/mol. The second kappa shape index (κ2) is 8.11. The summed E-state index contributed by atoms with van der Waals surface area (Å²) in [6, 6.07) is 0. The van der Waals surface area contributed by atoms with Crippen LogP contribution in [0.25, 0.3) is 0 Å². The molecule has 0 aromatic heterocycles. The molecule has 0 nitrogen and oxygen atoms in total. The van der Waals surface area contributed by atoms with Gasteiger partial charge < -0.3 is 0 Å². The molecular weight excluding hydrogens is 204 g/mol. The molecule has 0 aromatic rings. The second-order valence-electron chi connectivity index (χ2n) is 4.84.